The summed E-state index contributed by atoms with van der Waals surface area (Å²) in [6.07, 6.45) is 0.500. The highest BCUT2D eigenvalue weighted by molar-refractivity contribution is 6.01. The van der Waals surface area contributed by atoms with Crippen LogP contribution in [0.25, 0.3) is 6.08 Å². The molecule has 1 unspecified atom stereocenters. The maximum Gasteiger partial charge on any atom is 0.344 e. The minimum Gasteiger partial charge on any atom is -0.479 e. The van der Waals surface area contributed by atoms with Crippen LogP contribution in [0.5, 0.6) is 5.75 Å². The fourth-order valence-corrected chi connectivity index (χ4v) is 2.09. The standard InChI is InChI=1S/C20H18N2O4/c1-14(20(24)25)26-18-9-7-15(8-10-18)11-17(12-21)19(23)22-13-16-5-3-2-4-6-16/h2-11,14H,13H2,1H3,(H,22,23)(H,24,25)/b17-11+. The smallest absolute Gasteiger partial charge is 0.344 e. The molecular weight excluding hydrogens is 332 g/mol. The lowest BCUT2D eigenvalue weighted by atomic mass is 10.1. The Morgan fingerprint density at radius 1 is 1.19 bits per heavy atom. The van der Waals surface area contributed by atoms with E-state index >= 15 is 0 Å². The number of carboxylic acid groups (broad SMARTS) is 1. The molecule has 0 spiro atoms. The van der Waals surface area contributed by atoms with Gasteiger partial charge in [0, 0.05) is 6.54 Å². The third-order valence-corrected chi connectivity index (χ3v) is 3.51. The molecule has 0 aliphatic heterocycles. The monoisotopic (exact) mass is 350 g/mol. The van der Waals surface area contributed by atoms with Gasteiger partial charge in [-0.1, -0.05) is 42.5 Å². The van der Waals surface area contributed by atoms with Gasteiger partial charge in [0.05, 0.1) is 0 Å². The summed E-state index contributed by atoms with van der Waals surface area (Å²) < 4.78 is 5.23. The molecule has 2 aromatic rings. The minimum atomic E-state index is -1.06. The molecule has 2 N–H and O–H groups in total. The van der Waals surface area contributed by atoms with Crippen molar-refractivity contribution < 1.29 is 19.4 Å². The molecule has 1 amide bonds. The van der Waals surface area contributed by atoms with Gasteiger partial charge in [0.15, 0.2) is 6.10 Å². The first kappa shape index (κ1) is 18.7. The Kier molecular flexibility index (Phi) is 6.52. The number of nitrogens with zero attached hydrogens (tertiary/aromatic N) is 1. The van der Waals surface area contributed by atoms with E-state index in [2.05, 4.69) is 5.32 Å². The summed E-state index contributed by atoms with van der Waals surface area (Å²) in [6.45, 7) is 1.76. The number of ether oxygens (including phenoxy) is 1. The maximum atomic E-state index is 12.1. The Labute approximate surface area is 151 Å². The largest absolute Gasteiger partial charge is 0.479 e. The van der Waals surface area contributed by atoms with Crippen molar-refractivity contribution in [2.75, 3.05) is 0 Å². The van der Waals surface area contributed by atoms with E-state index in [1.54, 1.807) is 24.3 Å². The highest BCUT2D eigenvalue weighted by Crippen LogP contribution is 2.16. The molecule has 0 heterocycles. The molecule has 0 saturated heterocycles. The summed E-state index contributed by atoms with van der Waals surface area (Å²) in [4.78, 5) is 22.9. The lowest BCUT2D eigenvalue weighted by Crippen LogP contribution is -2.23. The molecule has 1 atom stereocenters. The van der Waals surface area contributed by atoms with Gasteiger partial charge in [-0.3, -0.25) is 4.79 Å². The number of hydrogen-bond donors (Lipinski definition) is 2. The van der Waals surface area contributed by atoms with Gasteiger partial charge in [-0.25, -0.2) is 4.79 Å². The number of aliphatic carboxylic acids is 1. The van der Waals surface area contributed by atoms with E-state index in [1.807, 2.05) is 36.4 Å². The van der Waals surface area contributed by atoms with Gasteiger partial charge < -0.3 is 15.2 Å². The van der Waals surface area contributed by atoms with Crippen molar-refractivity contribution in [2.24, 2.45) is 0 Å². The van der Waals surface area contributed by atoms with Crippen LogP contribution in [0, 0.1) is 11.3 Å². The molecule has 0 radical (unpaired) electrons. The summed E-state index contributed by atoms with van der Waals surface area (Å²) in [5, 5.41) is 20.7. The first-order valence-electron chi connectivity index (χ1n) is 7.93. The molecule has 0 bridgehead atoms. The van der Waals surface area contributed by atoms with Crippen LogP contribution in [0.2, 0.25) is 0 Å². The summed E-state index contributed by atoms with van der Waals surface area (Å²) in [5.74, 6) is -1.13. The van der Waals surface area contributed by atoms with Gasteiger partial charge in [-0.15, -0.1) is 0 Å². The van der Waals surface area contributed by atoms with Gasteiger partial charge in [-0.2, -0.15) is 5.26 Å². The molecule has 0 aromatic heterocycles. The summed E-state index contributed by atoms with van der Waals surface area (Å²) in [7, 11) is 0. The van der Waals surface area contributed by atoms with Gasteiger partial charge in [0.25, 0.3) is 5.91 Å². The topological polar surface area (TPSA) is 99.4 Å². The zero-order chi connectivity index (χ0) is 18.9. The van der Waals surface area contributed by atoms with Gasteiger partial charge in [0.1, 0.15) is 17.4 Å². The predicted molar refractivity (Wildman–Crippen MR) is 96.0 cm³/mol. The van der Waals surface area contributed by atoms with E-state index in [4.69, 9.17) is 9.84 Å². The quantitative estimate of drug-likeness (QED) is 0.591. The van der Waals surface area contributed by atoms with Crippen LogP contribution in [0.4, 0.5) is 0 Å². The minimum absolute atomic E-state index is 0.0199. The zero-order valence-corrected chi connectivity index (χ0v) is 14.2. The molecule has 0 fully saturated rings. The van der Waals surface area contributed by atoms with Crippen molar-refractivity contribution in [3.63, 3.8) is 0 Å². The normalized spacial score (nSPS) is 11.9. The molecule has 2 rings (SSSR count). The van der Waals surface area contributed by atoms with Crippen molar-refractivity contribution in [2.45, 2.75) is 19.6 Å². The van der Waals surface area contributed by atoms with Crippen LogP contribution in [0.3, 0.4) is 0 Å². The second kappa shape index (κ2) is 9.04. The van der Waals surface area contributed by atoms with Crippen LogP contribution >= 0.6 is 0 Å². The van der Waals surface area contributed by atoms with Crippen LogP contribution < -0.4 is 10.1 Å². The highest BCUT2D eigenvalue weighted by Gasteiger charge is 2.12. The van der Waals surface area contributed by atoms with Crippen molar-refractivity contribution in [3.05, 3.63) is 71.3 Å². The molecular formula is C20H18N2O4. The number of carbonyl (C=O) groups excluding carboxylic acids is 1. The molecule has 26 heavy (non-hydrogen) atoms. The Morgan fingerprint density at radius 3 is 2.42 bits per heavy atom. The average molecular weight is 350 g/mol. The van der Waals surface area contributed by atoms with Gasteiger partial charge in [-0.05, 0) is 36.3 Å². The average Bonchev–Trinajstić information content (AvgIpc) is 2.66. The van der Waals surface area contributed by atoms with Crippen LogP contribution in [-0.4, -0.2) is 23.1 Å². The van der Waals surface area contributed by atoms with Crippen molar-refractivity contribution in [1.29, 1.82) is 5.26 Å². The highest BCUT2D eigenvalue weighted by atomic mass is 16.5. The number of nitrogens with one attached hydrogen (secondary N) is 1. The van der Waals surface area contributed by atoms with E-state index in [-0.39, 0.29) is 5.57 Å². The first-order chi connectivity index (χ1) is 12.5. The number of hydrogen-bond acceptors (Lipinski definition) is 4. The fourth-order valence-electron chi connectivity index (χ4n) is 2.09. The second-order valence-electron chi connectivity index (χ2n) is 5.51. The Morgan fingerprint density at radius 2 is 1.85 bits per heavy atom. The molecule has 132 valence electrons. The summed E-state index contributed by atoms with van der Waals surface area (Å²) >= 11 is 0. The third kappa shape index (κ3) is 5.49. The Bertz CT molecular complexity index is 836. The van der Waals surface area contributed by atoms with E-state index in [1.165, 1.54) is 13.0 Å². The number of carboxylic acids is 1. The van der Waals surface area contributed by atoms with Gasteiger partial charge >= 0.3 is 5.97 Å². The van der Waals surface area contributed by atoms with Crippen LogP contribution in [0.1, 0.15) is 18.1 Å². The number of benzene rings is 2. The van der Waals surface area contributed by atoms with E-state index in [9.17, 15) is 14.9 Å². The predicted octanol–water partition coefficient (Wildman–Crippen LogP) is 2.76. The summed E-state index contributed by atoms with van der Waals surface area (Å²) in [5.41, 5.74) is 1.55. The Balaban J connectivity index is 2.02. The number of rotatable bonds is 7. The van der Waals surface area contributed by atoms with E-state index < -0.39 is 18.0 Å². The van der Waals surface area contributed by atoms with Crippen LogP contribution in [0.15, 0.2) is 60.2 Å². The van der Waals surface area contributed by atoms with E-state index in [0.717, 1.165) is 5.56 Å². The molecule has 0 aliphatic rings. The first-order valence-corrected chi connectivity index (χ1v) is 7.93. The van der Waals surface area contributed by atoms with E-state index in [0.29, 0.717) is 17.9 Å². The van der Waals surface area contributed by atoms with Crippen molar-refractivity contribution in [1.82, 2.24) is 5.32 Å². The lowest BCUT2D eigenvalue weighted by Gasteiger charge is -2.10. The fraction of sp³-hybridized carbons (Fsp3) is 0.150. The summed E-state index contributed by atoms with van der Waals surface area (Å²) in [6, 6.07) is 17.7. The van der Waals surface area contributed by atoms with Crippen LogP contribution in [-0.2, 0) is 16.1 Å². The van der Waals surface area contributed by atoms with Crippen molar-refractivity contribution in [3.8, 4) is 11.8 Å². The van der Waals surface area contributed by atoms with Crippen molar-refractivity contribution >= 4 is 18.0 Å². The Hall–Kier alpha value is -3.59. The molecule has 0 saturated carbocycles. The number of carbonyl (C=O) groups is 2. The van der Waals surface area contributed by atoms with Gasteiger partial charge in [0.2, 0.25) is 0 Å². The molecule has 6 nitrogen and oxygen atoms in total. The molecule has 6 heteroatoms. The SMILES string of the molecule is CC(Oc1ccc(/C=C(\C#N)C(=O)NCc2ccccc2)cc1)C(=O)O. The molecule has 0 aliphatic carbocycles. The maximum absolute atomic E-state index is 12.1. The number of nitriles is 1. The number of amides is 1. The lowest BCUT2D eigenvalue weighted by molar-refractivity contribution is -0.144. The second-order valence-corrected chi connectivity index (χ2v) is 5.51. The molecule has 2 aromatic carbocycles. The zero-order valence-electron chi connectivity index (χ0n) is 14.2. The third-order valence-electron chi connectivity index (χ3n) is 3.51.